The Balaban J connectivity index is 1.61. The topological polar surface area (TPSA) is 61.4 Å². The van der Waals surface area contributed by atoms with Crippen LogP contribution >= 0.6 is 0 Å². The van der Waals surface area contributed by atoms with Crippen molar-refractivity contribution in [2.45, 2.75) is 20.8 Å². The average Bonchev–Trinajstić information content (AvgIpc) is 2.60. The molecule has 126 valence electrons. The van der Waals surface area contributed by atoms with Crippen LogP contribution in [0.1, 0.15) is 16.7 Å². The average molecular weight is 325 g/mol. The van der Waals surface area contributed by atoms with Gasteiger partial charge in [0.15, 0.2) is 0 Å². The maximum Gasteiger partial charge on any atom is 0.321 e. The fraction of sp³-hybridized carbons (Fsp3) is 0.389. The van der Waals surface area contributed by atoms with Gasteiger partial charge in [0, 0.05) is 44.3 Å². The number of nitrogens with one attached hydrogen (secondary N) is 1. The molecule has 0 radical (unpaired) electrons. The highest BCUT2D eigenvalue weighted by Gasteiger charge is 2.22. The second-order valence-corrected chi connectivity index (χ2v) is 6.20. The Kier molecular flexibility index (Phi) is 4.64. The fourth-order valence-corrected chi connectivity index (χ4v) is 2.85. The standard InChI is InChI=1S/C18H23N5O/c1-13-11-15(3)16(12-14(13)2)21-18(24)23-9-7-22(8-10-23)17-19-5-4-6-20-17/h4-6,11-12H,7-10H2,1-3H3,(H,21,24). The lowest BCUT2D eigenvalue weighted by molar-refractivity contribution is 0.208. The fourth-order valence-electron chi connectivity index (χ4n) is 2.85. The minimum absolute atomic E-state index is 0.0463. The van der Waals surface area contributed by atoms with Gasteiger partial charge in [0.2, 0.25) is 5.95 Å². The van der Waals surface area contributed by atoms with Crippen molar-refractivity contribution >= 4 is 17.7 Å². The number of anilines is 2. The van der Waals surface area contributed by atoms with Gasteiger partial charge in [0.05, 0.1) is 0 Å². The summed E-state index contributed by atoms with van der Waals surface area (Å²) in [6.45, 7) is 8.96. The predicted molar refractivity (Wildman–Crippen MR) is 95.5 cm³/mol. The number of aryl methyl sites for hydroxylation is 3. The maximum atomic E-state index is 12.5. The number of piperazine rings is 1. The van der Waals surface area contributed by atoms with Crippen molar-refractivity contribution in [1.29, 1.82) is 0 Å². The molecule has 1 aliphatic rings. The molecule has 0 atom stereocenters. The van der Waals surface area contributed by atoms with Crippen LogP contribution in [0, 0.1) is 20.8 Å². The minimum Gasteiger partial charge on any atom is -0.337 e. The van der Waals surface area contributed by atoms with E-state index in [1.807, 2.05) is 17.9 Å². The highest BCUT2D eigenvalue weighted by Crippen LogP contribution is 2.21. The van der Waals surface area contributed by atoms with Gasteiger partial charge in [-0.1, -0.05) is 6.07 Å². The van der Waals surface area contributed by atoms with Crippen LogP contribution in [0.3, 0.4) is 0 Å². The zero-order valence-corrected chi connectivity index (χ0v) is 14.4. The van der Waals surface area contributed by atoms with E-state index in [0.717, 1.165) is 30.3 Å². The van der Waals surface area contributed by atoms with Gasteiger partial charge in [-0.05, 0) is 49.6 Å². The summed E-state index contributed by atoms with van der Waals surface area (Å²) in [6, 6.07) is 5.90. The molecular weight excluding hydrogens is 302 g/mol. The molecule has 1 aromatic carbocycles. The second-order valence-electron chi connectivity index (χ2n) is 6.20. The molecule has 24 heavy (non-hydrogen) atoms. The van der Waals surface area contributed by atoms with Crippen molar-refractivity contribution in [3.8, 4) is 0 Å². The van der Waals surface area contributed by atoms with Crippen LogP contribution in [-0.4, -0.2) is 47.1 Å². The van der Waals surface area contributed by atoms with Crippen molar-refractivity contribution in [2.24, 2.45) is 0 Å². The largest absolute Gasteiger partial charge is 0.337 e. The van der Waals surface area contributed by atoms with Gasteiger partial charge >= 0.3 is 6.03 Å². The lowest BCUT2D eigenvalue weighted by atomic mass is 10.1. The van der Waals surface area contributed by atoms with Gasteiger partial charge in [-0.2, -0.15) is 0 Å². The van der Waals surface area contributed by atoms with E-state index in [0.29, 0.717) is 13.1 Å². The van der Waals surface area contributed by atoms with Gasteiger partial charge in [0.1, 0.15) is 0 Å². The zero-order chi connectivity index (χ0) is 17.1. The summed E-state index contributed by atoms with van der Waals surface area (Å²) in [5.74, 6) is 0.725. The first-order chi connectivity index (χ1) is 11.5. The van der Waals surface area contributed by atoms with E-state index in [9.17, 15) is 4.79 Å². The molecule has 0 spiro atoms. The van der Waals surface area contributed by atoms with Crippen molar-refractivity contribution in [1.82, 2.24) is 14.9 Å². The number of benzene rings is 1. The van der Waals surface area contributed by atoms with Crippen LogP contribution in [0.25, 0.3) is 0 Å². The summed E-state index contributed by atoms with van der Waals surface area (Å²) in [4.78, 5) is 25.0. The molecule has 2 amide bonds. The summed E-state index contributed by atoms with van der Waals surface area (Å²) in [6.07, 6.45) is 3.48. The molecule has 1 aromatic heterocycles. The molecule has 2 heterocycles. The quantitative estimate of drug-likeness (QED) is 0.922. The van der Waals surface area contributed by atoms with Crippen molar-refractivity contribution < 1.29 is 4.79 Å². The molecule has 0 bridgehead atoms. The van der Waals surface area contributed by atoms with Crippen molar-refractivity contribution in [3.63, 3.8) is 0 Å². The molecule has 0 saturated carbocycles. The van der Waals surface area contributed by atoms with E-state index >= 15 is 0 Å². The summed E-state index contributed by atoms with van der Waals surface area (Å²) in [5, 5.41) is 3.04. The van der Waals surface area contributed by atoms with E-state index in [1.165, 1.54) is 11.1 Å². The Morgan fingerprint density at radius 3 is 2.25 bits per heavy atom. The highest BCUT2D eigenvalue weighted by molar-refractivity contribution is 5.90. The number of carbonyl (C=O) groups excluding carboxylic acids is 1. The van der Waals surface area contributed by atoms with Crippen molar-refractivity contribution in [3.05, 3.63) is 47.3 Å². The Labute approximate surface area is 142 Å². The number of hydrogen-bond acceptors (Lipinski definition) is 4. The molecule has 2 aromatic rings. The molecule has 1 fully saturated rings. The monoisotopic (exact) mass is 325 g/mol. The van der Waals surface area contributed by atoms with Crippen LogP contribution in [0.2, 0.25) is 0 Å². The Bertz CT molecular complexity index is 724. The minimum atomic E-state index is -0.0463. The number of aromatic nitrogens is 2. The van der Waals surface area contributed by atoms with Crippen LogP contribution in [0.15, 0.2) is 30.6 Å². The number of carbonyl (C=O) groups is 1. The molecule has 3 rings (SSSR count). The summed E-state index contributed by atoms with van der Waals surface area (Å²) < 4.78 is 0. The molecule has 0 unspecified atom stereocenters. The van der Waals surface area contributed by atoms with Crippen LogP contribution in [0.4, 0.5) is 16.4 Å². The molecule has 1 aliphatic heterocycles. The number of urea groups is 1. The summed E-state index contributed by atoms with van der Waals surface area (Å²) >= 11 is 0. The first-order valence-corrected chi connectivity index (χ1v) is 8.20. The molecule has 0 aliphatic carbocycles. The second kappa shape index (κ2) is 6.86. The Hall–Kier alpha value is -2.63. The van der Waals surface area contributed by atoms with E-state index < -0.39 is 0 Å². The van der Waals surface area contributed by atoms with E-state index in [-0.39, 0.29) is 6.03 Å². The first kappa shape index (κ1) is 16.2. The predicted octanol–water partition coefficient (Wildman–Crippen LogP) is 2.76. The Morgan fingerprint density at radius 2 is 1.58 bits per heavy atom. The Morgan fingerprint density at radius 1 is 0.958 bits per heavy atom. The molecule has 6 nitrogen and oxygen atoms in total. The number of nitrogens with zero attached hydrogens (tertiary/aromatic N) is 4. The normalized spacial score (nSPS) is 14.6. The third-order valence-corrected chi connectivity index (χ3v) is 4.48. The van der Waals surface area contributed by atoms with E-state index in [1.54, 1.807) is 18.5 Å². The molecule has 6 heteroatoms. The summed E-state index contributed by atoms with van der Waals surface area (Å²) in [7, 11) is 0. The van der Waals surface area contributed by atoms with E-state index in [2.05, 4.69) is 40.1 Å². The molecule has 1 N–H and O–H groups in total. The van der Waals surface area contributed by atoms with Gasteiger partial charge in [-0.25, -0.2) is 14.8 Å². The summed E-state index contributed by atoms with van der Waals surface area (Å²) in [5.41, 5.74) is 4.39. The maximum absolute atomic E-state index is 12.5. The van der Waals surface area contributed by atoms with Gasteiger partial charge < -0.3 is 15.1 Å². The highest BCUT2D eigenvalue weighted by atomic mass is 16.2. The lowest BCUT2D eigenvalue weighted by Gasteiger charge is -2.34. The van der Waals surface area contributed by atoms with Crippen molar-refractivity contribution in [2.75, 3.05) is 36.4 Å². The van der Waals surface area contributed by atoms with E-state index in [4.69, 9.17) is 0 Å². The third-order valence-electron chi connectivity index (χ3n) is 4.48. The molecular formula is C18H23N5O. The van der Waals surface area contributed by atoms with Crippen LogP contribution in [0.5, 0.6) is 0 Å². The van der Waals surface area contributed by atoms with Crippen LogP contribution in [-0.2, 0) is 0 Å². The SMILES string of the molecule is Cc1cc(C)c(NC(=O)N2CCN(c3ncccn3)CC2)cc1C. The lowest BCUT2D eigenvalue weighted by Crippen LogP contribution is -2.50. The molecule has 1 saturated heterocycles. The number of hydrogen-bond donors (Lipinski definition) is 1. The van der Waals surface area contributed by atoms with Crippen LogP contribution < -0.4 is 10.2 Å². The number of rotatable bonds is 2. The van der Waals surface area contributed by atoms with Gasteiger partial charge in [-0.15, -0.1) is 0 Å². The smallest absolute Gasteiger partial charge is 0.321 e. The number of amides is 2. The zero-order valence-electron chi connectivity index (χ0n) is 14.4. The van der Waals surface area contributed by atoms with Gasteiger partial charge in [-0.3, -0.25) is 0 Å². The first-order valence-electron chi connectivity index (χ1n) is 8.20. The van der Waals surface area contributed by atoms with Gasteiger partial charge in [0.25, 0.3) is 0 Å². The third kappa shape index (κ3) is 3.48.